The highest BCUT2D eigenvalue weighted by atomic mass is 16.6. The maximum atomic E-state index is 12.1. The molecule has 2 rings (SSSR count). The fraction of sp³-hybridized carbons (Fsp3) is 0.300. The van der Waals surface area contributed by atoms with Crippen LogP contribution in [0, 0.1) is 17.0 Å². The maximum absolute atomic E-state index is 12.1. The van der Waals surface area contributed by atoms with E-state index < -0.39 is 10.8 Å². The van der Waals surface area contributed by atoms with Crippen molar-refractivity contribution in [2.75, 3.05) is 6.61 Å². The summed E-state index contributed by atoms with van der Waals surface area (Å²) in [5, 5.41) is 14.7. The van der Waals surface area contributed by atoms with E-state index in [0.717, 1.165) is 30.6 Å². The number of amides is 1. The Hall–Kier alpha value is -3.22. The van der Waals surface area contributed by atoms with Gasteiger partial charge in [-0.2, -0.15) is 5.10 Å². The van der Waals surface area contributed by atoms with Gasteiger partial charge in [0.05, 0.1) is 17.7 Å². The van der Waals surface area contributed by atoms with Gasteiger partial charge in [-0.15, -0.1) is 0 Å². The van der Waals surface area contributed by atoms with Crippen molar-refractivity contribution in [1.82, 2.24) is 5.43 Å². The summed E-state index contributed by atoms with van der Waals surface area (Å²) in [6.45, 7) is 4.44. The number of nitro benzene ring substituents is 1. The first-order valence-corrected chi connectivity index (χ1v) is 8.82. The predicted octanol–water partition coefficient (Wildman–Crippen LogP) is 4.24. The molecular weight excluding hydrogens is 346 g/mol. The minimum atomic E-state index is -0.480. The van der Waals surface area contributed by atoms with Crippen LogP contribution in [0.15, 0.2) is 47.6 Å². The smallest absolute Gasteiger partial charge is 0.272 e. The van der Waals surface area contributed by atoms with Gasteiger partial charge in [-0.05, 0) is 55.3 Å². The lowest BCUT2D eigenvalue weighted by atomic mass is 10.1. The molecule has 27 heavy (non-hydrogen) atoms. The molecule has 0 radical (unpaired) electrons. The molecule has 1 amide bonds. The molecule has 7 heteroatoms. The first-order valence-electron chi connectivity index (χ1n) is 8.82. The van der Waals surface area contributed by atoms with E-state index in [9.17, 15) is 14.9 Å². The van der Waals surface area contributed by atoms with E-state index in [1.165, 1.54) is 24.4 Å². The number of ether oxygens (including phenoxy) is 1. The highest BCUT2D eigenvalue weighted by molar-refractivity contribution is 5.95. The van der Waals surface area contributed by atoms with Crippen molar-refractivity contribution in [2.24, 2.45) is 5.10 Å². The molecule has 7 nitrogen and oxygen atoms in total. The Morgan fingerprint density at radius 3 is 2.59 bits per heavy atom. The number of aryl methyl sites for hydroxylation is 1. The molecule has 2 aromatic rings. The molecule has 0 bridgehead atoms. The lowest BCUT2D eigenvalue weighted by Gasteiger charge is -2.05. The normalized spacial score (nSPS) is 10.7. The minimum absolute atomic E-state index is 0.0212. The Kier molecular flexibility index (Phi) is 7.49. The molecule has 0 fully saturated rings. The van der Waals surface area contributed by atoms with Crippen LogP contribution in [0.25, 0.3) is 0 Å². The summed E-state index contributed by atoms with van der Waals surface area (Å²) >= 11 is 0. The van der Waals surface area contributed by atoms with Crippen LogP contribution < -0.4 is 10.2 Å². The maximum Gasteiger partial charge on any atom is 0.272 e. The molecule has 0 atom stereocenters. The summed E-state index contributed by atoms with van der Waals surface area (Å²) in [7, 11) is 0. The number of carbonyl (C=O) groups excluding carboxylic acids is 1. The van der Waals surface area contributed by atoms with Gasteiger partial charge >= 0.3 is 0 Å². The number of nitrogens with one attached hydrogen (secondary N) is 1. The zero-order chi connectivity index (χ0) is 19.6. The van der Waals surface area contributed by atoms with Gasteiger partial charge in [0.25, 0.3) is 11.6 Å². The van der Waals surface area contributed by atoms with E-state index in [1.54, 1.807) is 6.92 Å². The van der Waals surface area contributed by atoms with Crippen molar-refractivity contribution in [3.05, 3.63) is 69.3 Å². The lowest BCUT2D eigenvalue weighted by Crippen LogP contribution is -2.17. The van der Waals surface area contributed by atoms with E-state index >= 15 is 0 Å². The van der Waals surface area contributed by atoms with Crippen LogP contribution in [-0.4, -0.2) is 23.7 Å². The van der Waals surface area contributed by atoms with Crippen molar-refractivity contribution < 1.29 is 14.5 Å². The van der Waals surface area contributed by atoms with Gasteiger partial charge in [0.2, 0.25) is 0 Å². The molecule has 0 spiro atoms. The van der Waals surface area contributed by atoms with Crippen molar-refractivity contribution in [3.8, 4) is 5.75 Å². The number of unbranched alkanes of at least 4 members (excludes halogenated alkanes) is 2. The van der Waals surface area contributed by atoms with Gasteiger partial charge in [-0.1, -0.05) is 19.8 Å². The summed E-state index contributed by atoms with van der Waals surface area (Å²) in [5.41, 5.74) is 3.94. The molecule has 0 aliphatic carbocycles. The third kappa shape index (κ3) is 6.22. The number of nitro groups is 1. The molecule has 2 aromatic carbocycles. The van der Waals surface area contributed by atoms with Crippen LogP contribution in [0.2, 0.25) is 0 Å². The quantitative estimate of drug-likeness (QED) is 0.310. The van der Waals surface area contributed by atoms with Crippen molar-refractivity contribution in [1.29, 1.82) is 0 Å². The Labute approximate surface area is 158 Å². The first-order chi connectivity index (χ1) is 13.0. The highest BCUT2D eigenvalue weighted by Gasteiger charge is 2.13. The molecule has 0 saturated heterocycles. The van der Waals surface area contributed by atoms with E-state index in [-0.39, 0.29) is 5.69 Å². The standard InChI is InChI=1S/C20H23N3O4/c1-3-4-5-12-27-18-9-6-16(7-10-18)14-21-22-20(24)17-8-11-19(23(25)26)15(2)13-17/h6-11,13-14H,3-5,12H2,1-2H3,(H,22,24). The van der Waals surface area contributed by atoms with Gasteiger partial charge in [-0.3, -0.25) is 14.9 Å². The zero-order valence-electron chi connectivity index (χ0n) is 15.5. The van der Waals surface area contributed by atoms with Gasteiger partial charge < -0.3 is 4.74 Å². The third-order valence-electron chi connectivity index (χ3n) is 3.93. The molecule has 0 heterocycles. The zero-order valence-corrected chi connectivity index (χ0v) is 15.5. The average Bonchev–Trinajstić information content (AvgIpc) is 2.66. The number of hydrogen-bond donors (Lipinski definition) is 1. The number of nitrogens with zero attached hydrogens (tertiary/aromatic N) is 2. The van der Waals surface area contributed by atoms with Crippen molar-refractivity contribution in [3.63, 3.8) is 0 Å². The molecular formula is C20H23N3O4. The number of carbonyl (C=O) groups is 1. The van der Waals surface area contributed by atoms with Crippen molar-refractivity contribution in [2.45, 2.75) is 33.1 Å². The van der Waals surface area contributed by atoms with E-state index in [0.29, 0.717) is 17.7 Å². The fourth-order valence-corrected chi connectivity index (χ4v) is 2.42. The number of hydrogen-bond acceptors (Lipinski definition) is 5. The summed E-state index contributed by atoms with van der Waals surface area (Å²) in [4.78, 5) is 22.4. The van der Waals surface area contributed by atoms with E-state index in [1.807, 2.05) is 24.3 Å². The third-order valence-corrected chi connectivity index (χ3v) is 3.93. The monoisotopic (exact) mass is 369 g/mol. The summed E-state index contributed by atoms with van der Waals surface area (Å²) in [6.07, 6.45) is 4.87. The summed E-state index contributed by atoms with van der Waals surface area (Å²) < 4.78 is 5.64. The lowest BCUT2D eigenvalue weighted by molar-refractivity contribution is -0.385. The van der Waals surface area contributed by atoms with Crippen LogP contribution in [0.3, 0.4) is 0 Å². The summed E-state index contributed by atoms with van der Waals surface area (Å²) in [5.74, 6) is 0.369. The number of rotatable bonds is 9. The van der Waals surface area contributed by atoms with Crippen LogP contribution in [-0.2, 0) is 0 Å². The number of hydrazone groups is 1. The molecule has 0 aliphatic rings. The predicted molar refractivity (Wildman–Crippen MR) is 104 cm³/mol. The second kappa shape index (κ2) is 10.1. The molecule has 1 N–H and O–H groups in total. The molecule has 0 saturated carbocycles. The molecule has 142 valence electrons. The van der Waals surface area contributed by atoms with E-state index in [4.69, 9.17) is 4.74 Å². The van der Waals surface area contributed by atoms with Crippen molar-refractivity contribution >= 4 is 17.8 Å². The number of benzene rings is 2. The van der Waals surface area contributed by atoms with Gasteiger partial charge in [0, 0.05) is 17.2 Å². The van der Waals surface area contributed by atoms with Gasteiger partial charge in [-0.25, -0.2) is 5.43 Å². The fourth-order valence-electron chi connectivity index (χ4n) is 2.42. The Morgan fingerprint density at radius 1 is 1.22 bits per heavy atom. The Balaban J connectivity index is 1.88. The van der Waals surface area contributed by atoms with Crippen LogP contribution in [0.4, 0.5) is 5.69 Å². The van der Waals surface area contributed by atoms with Crippen LogP contribution in [0.1, 0.15) is 47.7 Å². The second-order valence-electron chi connectivity index (χ2n) is 6.08. The topological polar surface area (TPSA) is 93.8 Å². The summed E-state index contributed by atoms with van der Waals surface area (Å²) in [6, 6.07) is 11.6. The second-order valence-corrected chi connectivity index (χ2v) is 6.08. The molecule has 0 aromatic heterocycles. The highest BCUT2D eigenvalue weighted by Crippen LogP contribution is 2.18. The van der Waals surface area contributed by atoms with E-state index in [2.05, 4.69) is 17.5 Å². The van der Waals surface area contributed by atoms with Crippen LogP contribution in [0.5, 0.6) is 5.75 Å². The first kappa shape index (κ1) is 20.1. The Morgan fingerprint density at radius 2 is 1.96 bits per heavy atom. The van der Waals surface area contributed by atoms with Gasteiger partial charge in [0.1, 0.15) is 5.75 Å². The Bertz CT molecular complexity index is 816. The van der Waals surface area contributed by atoms with Crippen LogP contribution >= 0.6 is 0 Å². The van der Waals surface area contributed by atoms with Gasteiger partial charge in [0.15, 0.2) is 0 Å². The SMILES string of the molecule is CCCCCOc1ccc(C=NNC(=O)c2ccc([N+](=O)[O-])c(C)c2)cc1. The average molecular weight is 369 g/mol. The largest absolute Gasteiger partial charge is 0.494 e. The molecule has 0 aliphatic heterocycles. The minimum Gasteiger partial charge on any atom is -0.494 e. The molecule has 0 unspecified atom stereocenters.